The van der Waals surface area contributed by atoms with E-state index in [1.165, 1.54) is 17.0 Å². The van der Waals surface area contributed by atoms with Crippen LogP contribution >= 0.6 is 0 Å². The fraction of sp³-hybridized carbons (Fsp3) is 0.400. The Hall–Kier alpha value is -1.24. The zero-order valence-corrected chi connectivity index (χ0v) is 10.9. The van der Waals surface area contributed by atoms with E-state index in [9.17, 15) is 0 Å². The van der Waals surface area contributed by atoms with E-state index in [1.807, 2.05) is 12.1 Å². The molecule has 16 heavy (non-hydrogen) atoms. The first-order valence-corrected chi connectivity index (χ1v) is 5.55. The van der Waals surface area contributed by atoms with Crippen LogP contribution in [0.1, 0.15) is 38.8 Å². The maximum absolute atomic E-state index is 5.27. The molecule has 0 N–H and O–H groups in total. The van der Waals surface area contributed by atoms with Crippen molar-refractivity contribution in [2.24, 2.45) is 0 Å². The summed E-state index contributed by atoms with van der Waals surface area (Å²) in [7, 11) is 1.69. The topological polar surface area (TPSA) is 9.23 Å². The van der Waals surface area contributed by atoms with Crippen LogP contribution < -0.4 is 4.74 Å². The summed E-state index contributed by atoms with van der Waals surface area (Å²) >= 11 is 0. The van der Waals surface area contributed by atoms with Gasteiger partial charge in [-0.05, 0) is 28.7 Å². The zero-order chi connectivity index (χ0) is 12.3. The highest BCUT2D eigenvalue weighted by Gasteiger charge is 2.20. The molecule has 1 aromatic rings. The molecule has 1 radical (unpaired) electrons. The van der Waals surface area contributed by atoms with E-state index in [0.717, 1.165) is 5.75 Å². The number of ether oxygens (including phenoxy) is 1. The maximum atomic E-state index is 5.27. The van der Waals surface area contributed by atoms with Crippen molar-refractivity contribution >= 4 is 0 Å². The van der Waals surface area contributed by atoms with Crippen LogP contribution in [0.15, 0.2) is 30.9 Å². The molecule has 0 amide bonds. The molecule has 0 fully saturated rings. The summed E-state index contributed by atoms with van der Waals surface area (Å²) in [5.41, 5.74) is 2.68. The molecule has 0 bridgehead atoms. The molecular weight excluding hydrogens is 196 g/mol. The van der Waals surface area contributed by atoms with Crippen LogP contribution in [-0.2, 0) is 5.41 Å². The molecule has 0 saturated carbocycles. The van der Waals surface area contributed by atoms with Crippen molar-refractivity contribution in [3.63, 3.8) is 0 Å². The number of hydrogen-bond donors (Lipinski definition) is 0. The largest absolute Gasteiger partial charge is 0.497 e. The smallest absolute Gasteiger partial charge is 0.119 e. The van der Waals surface area contributed by atoms with Gasteiger partial charge in [0, 0.05) is 5.92 Å². The van der Waals surface area contributed by atoms with Crippen molar-refractivity contribution in [2.75, 3.05) is 7.11 Å². The average molecular weight is 217 g/mol. The minimum absolute atomic E-state index is 0.131. The second kappa shape index (κ2) is 4.73. The summed E-state index contributed by atoms with van der Waals surface area (Å²) in [6, 6.07) is 6.24. The molecule has 0 aromatic heterocycles. The summed E-state index contributed by atoms with van der Waals surface area (Å²) in [5, 5.41) is 0. The van der Waals surface area contributed by atoms with E-state index in [-0.39, 0.29) is 5.41 Å². The predicted molar refractivity (Wildman–Crippen MR) is 69.9 cm³/mol. The second-order valence-corrected chi connectivity index (χ2v) is 5.05. The Kier molecular flexibility index (Phi) is 3.79. The lowest BCUT2D eigenvalue weighted by Gasteiger charge is -2.25. The van der Waals surface area contributed by atoms with Gasteiger partial charge in [0.05, 0.1) is 7.11 Å². The molecule has 1 nitrogen and oxygen atoms in total. The normalized spacial score (nSPS) is 11.6. The summed E-state index contributed by atoms with van der Waals surface area (Å²) in [5.74, 6) is 2.08. The Morgan fingerprint density at radius 3 is 2.38 bits per heavy atom. The van der Waals surface area contributed by atoms with Gasteiger partial charge in [0.15, 0.2) is 0 Å². The molecular formula is C15H21O. The van der Waals surface area contributed by atoms with Crippen molar-refractivity contribution in [1.29, 1.82) is 0 Å². The summed E-state index contributed by atoms with van der Waals surface area (Å²) in [6.45, 7) is 12.6. The van der Waals surface area contributed by atoms with Gasteiger partial charge < -0.3 is 4.74 Å². The monoisotopic (exact) mass is 217 g/mol. The Bertz CT molecular complexity index is 372. The van der Waals surface area contributed by atoms with Crippen LogP contribution in [0, 0.1) is 5.92 Å². The minimum Gasteiger partial charge on any atom is -0.497 e. The summed E-state index contributed by atoms with van der Waals surface area (Å²) < 4.78 is 5.27. The van der Waals surface area contributed by atoms with E-state index in [1.54, 1.807) is 7.11 Å². The van der Waals surface area contributed by atoms with Gasteiger partial charge in [-0.3, -0.25) is 0 Å². The number of hydrogen-bond acceptors (Lipinski definition) is 1. The highest BCUT2D eigenvalue weighted by molar-refractivity contribution is 5.48. The summed E-state index contributed by atoms with van der Waals surface area (Å²) in [6.07, 6.45) is 1.89. The summed E-state index contributed by atoms with van der Waals surface area (Å²) in [4.78, 5) is 0. The molecule has 0 aliphatic heterocycles. The lowest BCUT2D eigenvalue weighted by Crippen LogP contribution is -2.15. The van der Waals surface area contributed by atoms with Gasteiger partial charge in [0.25, 0.3) is 0 Å². The van der Waals surface area contributed by atoms with Crippen molar-refractivity contribution in [3.05, 3.63) is 47.9 Å². The average Bonchev–Trinajstić information content (AvgIpc) is 2.25. The Morgan fingerprint density at radius 2 is 1.94 bits per heavy atom. The van der Waals surface area contributed by atoms with Gasteiger partial charge in [0.2, 0.25) is 0 Å². The van der Waals surface area contributed by atoms with E-state index < -0.39 is 0 Å². The molecule has 0 spiro atoms. The molecule has 0 saturated heterocycles. The molecule has 0 unspecified atom stereocenters. The van der Waals surface area contributed by atoms with Crippen LogP contribution in [0.4, 0.5) is 0 Å². The quantitative estimate of drug-likeness (QED) is 0.740. The van der Waals surface area contributed by atoms with Crippen molar-refractivity contribution in [3.8, 4) is 5.75 Å². The number of allylic oxidation sites excluding steroid dienone is 1. The lowest BCUT2D eigenvalue weighted by atomic mass is 9.80. The third kappa shape index (κ3) is 2.66. The molecule has 0 atom stereocenters. The van der Waals surface area contributed by atoms with E-state index >= 15 is 0 Å². The van der Waals surface area contributed by atoms with E-state index in [4.69, 9.17) is 4.74 Å². The third-order valence-corrected chi connectivity index (χ3v) is 2.77. The number of methoxy groups -OCH3 is 1. The van der Waals surface area contributed by atoms with Gasteiger partial charge in [-0.1, -0.05) is 39.8 Å². The SMILES string of the molecule is C=C[C](C)c1cc(OC)ccc1C(C)(C)C. The molecule has 0 aliphatic carbocycles. The zero-order valence-electron chi connectivity index (χ0n) is 10.9. The van der Waals surface area contributed by atoms with Crippen molar-refractivity contribution in [1.82, 2.24) is 0 Å². The van der Waals surface area contributed by atoms with E-state index in [0.29, 0.717) is 0 Å². The first-order chi connectivity index (χ1) is 7.40. The van der Waals surface area contributed by atoms with Gasteiger partial charge in [-0.15, -0.1) is 6.58 Å². The van der Waals surface area contributed by atoms with Crippen LogP contribution in [0.2, 0.25) is 0 Å². The van der Waals surface area contributed by atoms with Crippen LogP contribution in [0.25, 0.3) is 0 Å². The Labute approximate surface area is 99.1 Å². The van der Waals surface area contributed by atoms with Crippen molar-refractivity contribution < 1.29 is 4.74 Å². The molecule has 0 heterocycles. The van der Waals surface area contributed by atoms with Gasteiger partial charge in [0.1, 0.15) is 5.75 Å². The highest BCUT2D eigenvalue weighted by atomic mass is 16.5. The van der Waals surface area contributed by atoms with Gasteiger partial charge in [-0.2, -0.15) is 0 Å². The lowest BCUT2D eigenvalue weighted by molar-refractivity contribution is 0.413. The van der Waals surface area contributed by atoms with Gasteiger partial charge in [-0.25, -0.2) is 0 Å². The molecule has 1 rings (SSSR count). The first-order valence-electron chi connectivity index (χ1n) is 5.55. The van der Waals surface area contributed by atoms with Crippen molar-refractivity contribution in [2.45, 2.75) is 33.1 Å². The van der Waals surface area contributed by atoms with Crippen LogP contribution in [0.5, 0.6) is 5.75 Å². The Balaban J connectivity index is 3.32. The highest BCUT2D eigenvalue weighted by Crippen LogP contribution is 2.33. The number of rotatable bonds is 3. The van der Waals surface area contributed by atoms with Crippen LogP contribution in [0.3, 0.4) is 0 Å². The van der Waals surface area contributed by atoms with Gasteiger partial charge >= 0.3 is 0 Å². The predicted octanol–water partition coefficient (Wildman–Crippen LogP) is 4.12. The second-order valence-electron chi connectivity index (χ2n) is 5.05. The van der Waals surface area contributed by atoms with E-state index in [2.05, 4.69) is 46.4 Å². The fourth-order valence-electron chi connectivity index (χ4n) is 1.74. The molecule has 0 aliphatic rings. The number of benzene rings is 1. The molecule has 1 heteroatoms. The third-order valence-electron chi connectivity index (χ3n) is 2.77. The maximum Gasteiger partial charge on any atom is 0.119 e. The first kappa shape index (κ1) is 12.8. The molecule has 87 valence electrons. The minimum atomic E-state index is 0.131. The Morgan fingerprint density at radius 1 is 1.31 bits per heavy atom. The standard InChI is InChI=1S/C15H21O/c1-7-11(2)13-10-12(16-6)8-9-14(13)15(3,4)5/h7-10H,1H2,2-6H3. The fourth-order valence-corrected chi connectivity index (χ4v) is 1.74. The molecule has 1 aromatic carbocycles. The van der Waals surface area contributed by atoms with Crippen LogP contribution in [-0.4, -0.2) is 7.11 Å².